The highest BCUT2D eigenvalue weighted by Crippen LogP contribution is 2.18. The fourth-order valence-corrected chi connectivity index (χ4v) is 2.78. The smallest absolute Gasteiger partial charge is 0.224 e. The number of para-hydroxylation sites is 1. The second-order valence-electron chi connectivity index (χ2n) is 6.03. The van der Waals surface area contributed by atoms with Crippen LogP contribution in [0.15, 0.2) is 36.5 Å². The van der Waals surface area contributed by atoms with Crippen LogP contribution in [0.1, 0.15) is 31.0 Å². The number of fused-ring (bicyclic) bond motifs is 1. The second kappa shape index (κ2) is 7.81. The standard InChI is InChI=1S/C19H25N5/c1-3-4-10-21-19-23-14(2)12-18(24-19)20-11-9-15-13-22-17-8-6-5-7-16(15)17/h5-8,12-13,22H,3-4,9-11H2,1-2H3,(H2,20,21,23,24). The number of aromatic amines is 1. The molecule has 2 aromatic heterocycles. The molecule has 0 aliphatic rings. The molecule has 3 rings (SSSR count). The highest BCUT2D eigenvalue weighted by molar-refractivity contribution is 5.83. The zero-order chi connectivity index (χ0) is 16.8. The van der Waals surface area contributed by atoms with Gasteiger partial charge in [0.15, 0.2) is 0 Å². The van der Waals surface area contributed by atoms with Crippen molar-refractivity contribution in [3.63, 3.8) is 0 Å². The van der Waals surface area contributed by atoms with Crippen LogP contribution in [0.3, 0.4) is 0 Å². The summed E-state index contributed by atoms with van der Waals surface area (Å²) in [5, 5.41) is 7.99. The monoisotopic (exact) mass is 323 g/mol. The van der Waals surface area contributed by atoms with Crippen LogP contribution in [-0.4, -0.2) is 28.0 Å². The van der Waals surface area contributed by atoms with Crippen LogP contribution < -0.4 is 10.6 Å². The number of nitrogens with one attached hydrogen (secondary N) is 3. The van der Waals surface area contributed by atoms with E-state index >= 15 is 0 Å². The van der Waals surface area contributed by atoms with Gasteiger partial charge in [0.2, 0.25) is 5.95 Å². The first-order valence-corrected chi connectivity index (χ1v) is 8.64. The van der Waals surface area contributed by atoms with Crippen molar-refractivity contribution in [3.8, 4) is 0 Å². The minimum absolute atomic E-state index is 0.707. The Labute approximate surface area is 142 Å². The number of aryl methyl sites for hydroxylation is 1. The predicted molar refractivity (Wildman–Crippen MR) is 101 cm³/mol. The topological polar surface area (TPSA) is 65.6 Å². The average Bonchev–Trinajstić information content (AvgIpc) is 2.98. The molecule has 5 heteroatoms. The summed E-state index contributed by atoms with van der Waals surface area (Å²) in [6.07, 6.45) is 5.33. The molecule has 0 unspecified atom stereocenters. The maximum Gasteiger partial charge on any atom is 0.224 e. The average molecular weight is 323 g/mol. The van der Waals surface area contributed by atoms with Gasteiger partial charge in [-0.1, -0.05) is 31.5 Å². The van der Waals surface area contributed by atoms with Crippen LogP contribution in [0.4, 0.5) is 11.8 Å². The van der Waals surface area contributed by atoms with E-state index < -0.39 is 0 Å². The van der Waals surface area contributed by atoms with Gasteiger partial charge < -0.3 is 15.6 Å². The lowest BCUT2D eigenvalue weighted by Gasteiger charge is -2.09. The minimum atomic E-state index is 0.707. The highest BCUT2D eigenvalue weighted by Gasteiger charge is 2.04. The van der Waals surface area contributed by atoms with E-state index in [1.165, 1.54) is 16.5 Å². The van der Waals surface area contributed by atoms with Gasteiger partial charge in [-0.3, -0.25) is 0 Å². The molecule has 0 aliphatic heterocycles. The lowest BCUT2D eigenvalue weighted by molar-refractivity contribution is 0.825. The molecular formula is C19H25N5. The van der Waals surface area contributed by atoms with Crippen LogP contribution in [0.5, 0.6) is 0 Å². The van der Waals surface area contributed by atoms with E-state index in [1.54, 1.807) is 0 Å². The summed E-state index contributed by atoms with van der Waals surface area (Å²) in [6.45, 7) is 5.93. The van der Waals surface area contributed by atoms with Gasteiger partial charge in [0.25, 0.3) is 0 Å². The molecule has 126 valence electrons. The lowest BCUT2D eigenvalue weighted by atomic mass is 10.1. The SMILES string of the molecule is CCCCNc1nc(C)cc(NCCc2c[nH]c3ccccc23)n1. The first-order chi connectivity index (χ1) is 11.8. The lowest BCUT2D eigenvalue weighted by Crippen LogP contribution is -2.10. The quantitative estimate of drug-likeness (QED) is 0.545. The Morgan fingerprint density at radius 2 is 1.96 bits per heavy atom. The Morgan fingerprint density at radius 3 is 2.83 bits per heavy atom. The molecule has 24 heavy (non-hydrogen) atoms. The summed E-state index contributed by atoms with van der Waals surface area (Å²) in [5.41, 5.74) is 3.48. The molecule has 0 saturated heterocycles. The molecule has 0 saturated carbocycles. The molecule has 0 atom stereocenters. The Morgan fingerprint density at radius 1 is 1.08 bits per heavy atom. The molecule has 1 aromatic carbocycles. The molecule has 0 spiro atoms. The predicted octanol–water partition coefficient (Wildman–Crippen LogP) is 4.13. The largest absolute Gasteiger partial charge is 0.370 e. The molecule has 0 fully saturated rings. The summed E-state index contributed by atoms with van der Waals surface area (Å²) >= 11 is 0. The summed E-state index contributed by atoms with van der Waals surface area (Å²) < 4.78 is 0. The van der Waals surface area contributed by atoms with E-state index in [2.05, 4.69) is 63.0 Å². The number of anilines is 2. The summed E-state index contributed by atoms with van der Waals surface area (Å²) in [4.78, 5) is 12.3. The number of unbranched alkanes of at least 4 members (excludes halogenated alkanes) is 1. The van der Waals surface area contributed by atoms with Crippen molar-refractivity contribution in [1.82, 2.24) is 15.0 Å². The fraction of sp³-hybridized carbons (Fsp3) is 0.368. The minimum Gasteiger partial charge on any atom is -0.370 e. The van der Waals surface area contributed by atoms with Crippen LogP contribution >= 0.6 is 0 Å². The normalized spacial score (nSPS) is 10.9. The van der Waals surface area contributed by atoms with Gasteiger partial charge in [0.05, 0.1) is 0 Å². The summed E-state index contributed by atoms with van der Waals surface area (Å²) in [7, 11) is 0. The van der Waals surface area contributed by atoms with Gasteiger partial charge in [0, 0.05) is 41.9 Å². The molecule has 0 amide bonds. The molecule has 2 heterocycles. The Hall–Kier alpha value is -2.56. The number of hydrogen-bond acceptors (Lipinski definition) is 4. The van der Waals surface area contributed by atoms with Gasteiger partial charge in [-0.2, -0.15) is 4.98 Å². The van der Waals surface area contributed by atoms with E-state index in [9.17, 15) is 0 Å². The summed E-state index contributed by atoms with van der Waals surface area (Å²) in [5.74, 6) is 1.58. The number of H-pyrrole nitrogens is 1. The first kappa shape index (κ1) is 16.3. The number of nitrogens with zero attached hydrogens (tertiary/aromatic N) is 2. The molecule has 5 nitrogen and oxygen atoms in total. The van der Waals surface area contributed by atoms with Crippen molar-refractivity contribution in [2.24, 2.45) is 0 Å². The molecule has 3 N–H and O–H groups in total. The van der Waals surface area contributed by atoms with E-state index in [4.69, 9.17) is 0 Å². The van der Waals surface area contributed by atoms with Crippen LogP contribution in [0.25, 0.3) is 10.9 Å². The molecule has 0 aliphatic carbocycles. The van der Waals surface area contributed by atoms with Crippen LogP contribution in [0.2, 0.25) is 0 Å². The molecule has 0 radical (unpaired) electrons. The Balaban J connectivity index is 1.60. The zero-order valence-electron chi connectivity index (χ0n) is 14.4. The maximum absolute atomic E-state index is 4.55. The molecule has 0 bridgehead atoms. The van der Waals surface area contributed by atoms with Crippen molar-refractivity contribution in [2.75, 3.05) is 23.7 Å². The second-order valence-corrected chi connectivity index (χ2v) is 6.03. The van der Waals surface area contributed by atoms with E-state index in [1.807, 2.05) is 13.0 Å². The number of rotatable bonds is 8. The number of aromatic nitrogens is 3. The molecular weight excluding hydrogens is 298 g/mol. The molecule has 3 aromatic rings. The van der Waals surface area contributed by atoms with Gasteiger partial charge in [-0.05, 0) is 31.4 Å². The first-order valence-electron chi connectivity index (χ1n) is 8.64. The van der Waals surface area contributed by atoms with Crippen molar-refractivity contribution < 1.29 is 0 Å². The van der Waals surface area contributed by atoms with Crippen molar-refractivity contribution >= 4 is 22.7 Å². The fourth-order valence-electron chi connectivity index (χ4n) is 2.78. The third-order valence-electron chi connectivity index (χ3n) is 4.04. The maximum atomic E-state index is 4.55. The van der Waals surface area contributed by atoms with Gasteiger partial charge in [-0.15, -0.1) is 0 Å². The van der Waals surface area contributed by atoms with E-state index in [0.29, 0.717) is 5.95 Å². The van der Waals surface area contributed by atoms with Crippen molar-refractivity contribution in [1.29, 1.82) is 0 Å². The van der Waals surface area contributed by atoms with Crippen LogP contribution in [0, 0.1) is 6.92 Å². The summed E-state index contributed by atoms with van der Waals surface area (Å²) in [6, 6.07) is 10.4. The Bertz CT molecular complexity index is 793. The van der Waals surface area contributed by atoms with E-state index in [0.717, 1.165) is 43.9 Å². The van der Waals surface area contributed by atoms with Crippen LogP contribution in [-0.2, 0) is 6.42 Å². The van der Waals surface area contributed by atoms with Gasteiger partial charge >= 0.3 is 0 Å². The highest BCUT2D eigenvalue weighted by atomic mass is 15.1. The third kappa shape index (κ3) is 4.04. The van der Waals surface area contributed by atoms with Gasteiger partial charge in [-0.25, -0.2) is 4.98 Å². The third-order valence-corrected chi connectivity index (χ3v) is 4.04. The van der Waals surface area contributed by atoms with Crippen molar-refractivity contribution in [2.45, 2.75) is 33.1 Å². The zero-order valence-corrected chi connectivity index (χ0v) is 14.4. The number of hydrogen-bond donors (Lipinski definition) is 3. The number of benzene rings is 1. The van der Waals surface area contributed by atoms with E-state index in [-0.39, 0.29) is 0 Å². The van der Waals surface area contributed by atoms with Gasteiger partial charge in [0.1, 0.15) is 5.82 Å². The van der Waals surface area contributed by atoms with Crippen molar-refractivity contribution in [3.05, 3.63) is 47.8 Å². The Kier molecular flexibility index (Phi) is 5.31.